The predicted octanol–water partition coefficient (Wildman–Crippen LogP) is 3.51. The number of hydrogen-bond donors (Lipinski definition) is 1. The van der Waals surface area contributed by atoms with Crippen LogP contribution in [0.15, 0.2) is 30.9 Å². The minimum Gasteiger partial charge on any atom is -0.479 e. The molecule has 24 heavy (non-hydrogen) atoms. The van der Waals surface area contributed by atoms with Gasteiger partial charge in [0, 0.05) is 18.2 Å². The Labute approximate surface area is 142 Å². The highest BCUT2D eigenvalue weighted by atomic mass is 16.5. The third-order valence-electron chi connectivity index (χ3n) is 4.72. The van der Waals surface area contributed by atoms with Gasteiger partial charge in [-0.3, -0.25) is 9.59 Å². The quantitative estimate of drug-likeness (QED) is 0.861. The number of carbonyl (C=O) groups excluding carboxylic acids is 2. The van der Waals surface area contributed by atoms with Crippen molar-refractivity contribution >= 4 is 23.2 Å². The average molecular weight is 328 g/mol. The number of nitrogens with one attached hydrogen (secondary N) is 1. The molecule has 128 valence electrons. The first kappa shape index (κ1) is 16.6. The minimum atomic E-state index is -0.514. The van der Waals surface area contributed by atoms with Crippen LogP contribution in [0.2, 0.25) is 0 Å². The van der Waals surface area contributed by atoms with Crippen molar-refractivity contribution in [2.75, 3.05) is 16.8 Å². The summed E-state index contributed by atoms with van der Waals surface area (Å²) in [6.45, 7) is 5.87. The van der Waals surface area contributed by atoms with Crippen molar-refractivity contribution in [1.82, 2.24) is 0 Å². The average Bonchev–Trinajstić information content (AvgIpc) is 2.60. The van der Waals surface area contributed by atoms with Crippen molar-refractivity contribution in [2.45, 2.75) is 45.1 Å². The van der Waals surface area contributed by atoms with Gasteiger partial charge in [-0.1, -0.05) is 25.3 Å². The zero-order chi connectivity index (χ0) is 17.1. The molecule has 0 aromatic heterocycles. The Balaban J connectivity index is 1.80. The van der Waals surface area contributed by atoms with Gasteiger partial charge in [-0.05, 0) is 38.0 Å². The molecular weight excluding hydrogens is 304 g/mol. The summed E-state index contributed by atoms with van der Waals surface area (Å²) < 4.78 is 5.66. The summed E-state index contributed by atoms with van der Waals surface area (Å²) in [7, 11) is 0. The van der Waals surface area contributed by atoms with E-state index in [2.05, 4.69) is 11.9 Å². The van der Waals surface area contributed by atoms with Crippen LogP contribution in [0.1, 0.15) is 39.0 Å². The van der Waals surface area contributed by atoms with Crippen molar-refractivity contribution in [3.63, 3.8) is 0 Å². The van der Waals surface area contributed by atoms with Crippen LogP contribution in [0.25, 0.3) is 0 Å². The number of hydrogen-bond acceptors (Lipinski definition) is 3. The number of benzene rings is 1. The molecule has 1 saturated carbocycles. The van der Waals surface area contributed by atoms with E-state index in [0.717, 1.165) is 25.7 Å². The van der Waals surface area contributed by atoms with Gasteiger partial charge in [0.25, 0.3) is 5.91 Å². The Bertz CT molecular complexity index is 650. The zero-order valence-corrected chi connectivity index (χ0v) is 14.1. The van der Waals surface area contributed by atoms with E-state index < -0.39 is 6.10 Å². The number of nitrogens with zero attached hydrogens (tertiary/aromatic N) is 1. The van der Waals surface area contributed by atoms with E-state index in [-0.39, 0.29) is 17.7 Å². The topological polar surface area (TPSA) is 58.6 Å². The SMILES string of the molecule is C=CCN1C(=O)C(C)Oc2ccc(NC(=O)C3CCCCC3)cc21. The van der Waals surface area contributed by atoms with Crippen LogP contribution in [-0.2, 0) is 9.59 Å². The molecule has 1 aromatic rings. The second kappa shape index (κ2) is 7.07. The van der Waals surface area contributed by atoms with E-state index in [0.29, 0.717) is 23.7 Å². The molecule has 3 rings (SSSR count). The summed E-state index contributed by atoms with van der Waals surface area (Å²) in [6.07, 6.45) is 6.55. The Morgan fingerprint density at radius 1 is 1.38 bits per heavy atom. The molecule has 1 aliphatic carbocycles. The van der Waals surface area contributed by atoms with E-state index in [4.69, 9.17) is 4.74 Å². The summed E-state index contributed by atoms with van der Waals surface area (Å²) in [5.74, 6) is 0.719. The first-order valence-electron chi connectivity index (χ1n) is 8.64. The molecule has 5 nitrogen and oxygen atoms in total. The predicted molar refractivity (Wildman–Crippen MR) is 94.3 cm³/mol. The van der Waals surface area contributed by atoms with Crippen LogP contribution in [0.4, 0.5) is 11.4 Å². The van der Waals surface area contributed by atoms with E-state index in [9.17, 15) is 9.59 Å². The van der Waals surface area contributed by atoms with Crippen LogP contribution >= 0.6 is 0 Å². The highest BCUT2D eigenvalue weighted by Crippen LogP contribution is 2.36. The Hall–Kier alpha value is -2.30. The summed E-state index contributed by atoms with van der Waals surface area (Å²) >= 11 is 0. The Morgan fingerprint density at radius 2 is 2.12 bits per heavy atom. The summed E-state index contributed by atoms with van der Waals surface area (Å²) in [4.78, 5) is 26.4. The lowest BCUT2D eigenvalue weighted by molar-refractivity contribution is -0.125. The lowest BCUT2D eigenvalue weighted by Crippen LogP contribution is -2.44. The van der Waals surface area contributed by atoms with Crippen molar-refractivity contribution in [2.24, 2.45) is 5.92 Å². The fraction of sp³-hybridized carbons (Fsp3) is 0.474. The molecule has 1 aromatic carbocycles. The molecule has 5 heteroatoms. The van der Waals surface area contributed by atoms with Crippen LogP contribution in [0.5, 0.6) is 5.75 Å². The smallest absolute Gasteiger partial charge is 0.268 e. The van der Waals surface area contributed by atoms with Crippen LogP contribution < -0.4 is 15.0 Å². The van der Waals surface area contributed by atoms with E-state index in [1.165, 1.54) is 6.42 Å². The van der Waals surface area contributed by atoms with Gasteiger partial charge in [0.1, 0.15) is 5.75 Å². The van der Waals surface area contributed by atoms with Gasteiger partial charge < -0.3 is 15.0 Å². The third kappa shape index (κ3) is 3.30. The monoisotopic (exact) mass is 328 g/mol. The van der Waals surface area contributed by atoms with Crippen molar-refractivity contribution in [3.8, 4) is 5.75 Å². The molecule has 1 unspecified atom stereocenters. The fourth-order valence-electron chi connectivity index (χ4n) is 3.41. The van der Waals surface area contributed by atoms with E-state index in [1.54, 1.807) is 17.9 Å². The van der Waals surface area contributed by atoms with Crippen LogP contribution in [0.3, 0.4) is 0 Å². The zero-order valence-electron chi connectivity index (χ0n) is 14.1. The third-order valence-corrected chi connectivity index (χ3v) is 4.72. The normalized spacial score (nSPS) is 21.0. The number of amides is 2. The van der Waals surface area contributed by atoms with Crippen LogP contribution in [0, 0.1) is 5.92 Å². The fourth-order valence-corrected chi connectivity index (χ4v) is 3.41. The highest BCUT2D eigenvalue weighted by Gasteiger charge is 2.31. The van der Waals surface area contributed by atoms with Crippen LogP contribution in [-0.4, -0.2) is 24.5 Å². The maximum absolute atomic E-state index is 12.4. The van der Waals surface area contributed by atoms with Gasteiger partial charge in [-0.2, -0.15) is 0 Å². The van der Waals surface area contributed by atoms with Gasteiger partial charge in [-0.25, -0.2) is 0 Å². The number of ether oxygens (including phenoxy) is 1. The Morgan fingerprint density at radius 3 is 2.83 bits per heavy atom. The highest BCUT2D eigenvalue weighted by molar-refractivity contribution is 6.01. The summed E-state index contributed by atoms with van der Waals surface area (Å²) in [6, 6.07) is 5.45. The molecular formula is C19H24N2O3. The lowest BCUT2D eigenvalue weighted by Gasteiger charge is -2.32. The van der Waals surface area contributed by atoms with Gasteiger partial charge in [0.2, 0.25) is 5.91 Å². The van der Waals surface area contributed by atoms with Crippen molar-refractivity contribution < 1.29 is 14.3 Å². The van der Waals surface area contributed by atoms with Gasteiger partial charge in [0.05, 0.1) is 5.69 Å². The first-order valence-corrected chi connectivity index (χ1v) is 8.64. The minimum absolute atomic E-state index is 0.0707. The molecule has 1 atom stereocenters. The summed E-state index contributed by atoms with van der Waals surface area (Å²) in [5, 5.41) is 2.99. The molecule has 2 amide bonds. The maximum atomic E-state index is 12.4. The largest absolute Gasteiger partial charge is 0.479 e. The number of rotatable bonds is 4. The van der Waals surface area contributed by atoms with Gasteiger partial charge >= 0.3 is 0 Å². The number of carbonyl (C=O) groups is 2. The molecule has 1 aliphatic heterocycles. The molecule has 0 radical (unpaired) electrons. The van der Waals surface area contributed by atoms with Crippen molar-refractivity contribution in [3.05, 3.63) is 30.9 Å². The molecule has 1 heterocycles. The molecule has 2 aliphatic rings. The van der Waals surface area contributed by atoms with Gasteiger partial charge in [-0.15, -0.1) is 6.58 Å². The standard InChI is InChI=1S/C19H24N2O3/c1-3-11-21-16-12-15(9-10-17(16)24-13(2)19(21)23)20-18(22)14-7-5-4-6-8-14/h3,9-10,12-14H,1,4-8,11H2,2H3,(H,20,22). The molecule has 0 saturated heterocycles. The molecule has 1 N–H and O–H groups in total. The first-order chi connectivity index (χ1) is 11.6. The van der Waals surface area contributed by atoms with Gasteiger partial charge in [0.15, 0.2) is 6.10 Å². The maximum Gasteiger partial charge on any atom is 0.268 e. The number of anilines is 2. The van der Waals surface area contributed by atoms with E-state index in [1.807, 2.05) is 18.2 Å². The Kier molecular flexibility index (Phi) is 4.88. The number of fused-ring (bicyclic) bond motifs is 1. The molecule has 0 bridgehead atoms. The second-order valence-corrected chi connectivity index (χ2v) is 6.50. The molecule has 1 fully saturated rings. The van der Waals surface area contributed by atoms with Crippen molar-refractivity contribution in [1.29, 1.82) is 0 Å². The second-order valence-electron chi connectivity index (χ2n) is 6.50. The summed E-state index contributed by atoms with van der Waals surface area (Å²) in [5.41, 5.74) is 1.38. The van der Waals surface area contributed by atoms with E-state index >= 15 is 0 Å². The lowest BCUT2D eigenvalue weighted by atomic mass is 9.88. The molecule has 0 spiro atoms.